The molecular formula is C21H21ClN4O. The summed E-state index contributed by atoms with van der Waals surface area (Å²) >= 11 is 5.99. The molecule has 27 heavy (non-hydrogen) atoms. The minimum absolute atomic E-state index is 0.110. The highest BCUT2D eigenvalue weighted by molar-refractivity contribution is 6.32. The number of carbonyl (C=O) groups is 1. The zero-order chi connectivity index (χ0) is 19.8. The number of benzene rings is 2. The lowest BCUT2D eigenvalue weighted by atomic mass is 10.0. The van der Waals surface area contributed by atoms with Gasteiger partial charge >= 0.3 is 0 Å². The SMILES string of the molecule is CCN(CCC(=O)Nc1ccc(C#N)c(Cl)c1)C(C)c1ccc(C#N)cc1. The maximum atomic E-state index is 12.3. The Morgan fingerprint density at radius 1 is 1.19 bits per heavy atom. The molecule has 138 valence electrons. The molecule has 2 aromatic rings. The van der Waals surface area contributed by atoms with Crippen LogP contribution in [-0.2, 0) is 4.79 Å². The van der Waals surface area contributed by atoms with E-state index in [0.717, 1.165) is 12.1 Å². The van der Waals surface area contributed by atoms with Gasteiger partial charge in [0.2, 0.25) is 5.91 Å². The molecule has 6 heteroatoms. The van der Waals surface area contributed by atoms with Gasteiger partial charge in [0.1, 0.15) is 6.07 Å². The minimum Gasteiger partial charge on any atom is -0.326 e. The molecule has 0 heterocycles. The number of halogens is 1. The maximum Gasteiger partial charge on any atom is 0.225 e. The van der Waals surface area contributed by atoms with E-state index in [1.807, 2.05) is 18.2 Å². The largest absolute Gasteiger partial charge is 0.326 e. The monoisotopic (exact) mass is 380 g/mol. The standard InChI is InChI=1S/C21H21ClN4O/c1-3-26(15(2)17-6-4-16(13-23)5-7-17)11-10-21(27)25-19-9-8-18(14-24)20(22)12-19/h4-9,12,15H,3,10-11H2,1-2H3,(H,25,27). The summed E-state index contributed by atoms with van der Waals surface area (Å²) in [4.78, 5) is 14.5. The third-order valence-electron chi connectivity index (χ3n) is 4.48. The van der Waals surface area contributed by atoms with E-state index in [-0.39, 0.29) is 11.9 Å². The molecule has 0 aliphatic carbocycles. The van der Waals surface area contributed by atoms with Crippen LogP contribution >= 0.6 is 11.6 Å². The van der Waals surface area contributed by atoms with Crippen molar-refractivity contribution in [2.75, 3.05) is 18.4 Å². The van der Waals surface area contributed by atoms with E-state index >= 15 is 0 Å². The van der Waals surface area contributed by atoms with Gasteiger partial charge in [-0.05, 0) is 49.4 Å². The second-order valence-electron chi connectivity index (χ2n) is 6.14. The van der Waals surface area contributed by atoms with E-state index in [9.17, 15) is 4.79 Å². The predicted molar refractivity (Wildman–Crippen MR) is 106 cm³/mol. The molecule has 1 N–H and O–H groups in total. The molecule has 0 aromatic heterocycles. The van der Waals surface area contributed by atoms with Gasteiger partial charge in [0, 0.05) is 24.7 Å². The Hall–Kier alpha value is -2.86. The van der Waals surface area contributed by atoms with Gasteiger partial charge in [-0.2, -0.15) is 10.5 Å². The molecule has 0 aliphatic rings. The Morgan fingerprint density at radius 2 is 1.89 bits per heavy atom. The van der Waals surface area contributed by atoms with E-state index in [2.05, 4.69) is 30.1 Å². The maximum absolute atomic E-state index is 12.3. The van der Waals surface area contributed by atoms with Crippen molar-refractivity contribution in [3.8, 4) is 12.1 Å². The first kappa shape index (κ1) is 20.5. The third-order valence-corrected chi connectivity index (χ3v) is 4.79. The summed E-state index contributed by atoms with van der Waals surface area (Å²) in [6.07, 6.45) is 0.339. The minimum atomic E-state index is -0.110. The van der Waals surface area contributed by atoms with Crippen LogP contribution in [0.25, 0.3) is 0 Å². The average molecular weight is 381 g/mol. The summed E-state index contributed by atoms with van der Waals surface area (Å²) in [6, 6.07) is 16.6. The molecule has 2 rings (SSSR count). The Kier molecular flexibility index (Phi) is 7.37. The van der Waals surface area contributed by atoms with E-state index < -0.39 is 0 Å². The van der Waals surface area contributed by atoms with Gasteiger partial charge in [-0.25, -0.2) is 0 Å². The highest BCUT2D eigenvalue weighted by Crippen LogP contribution is 2.22. The molecule has 0 saturated carbocycles. The van der Waals surface area contributed by atoms with Crippen molar-refractivity contribution < 1.29 is 4.79 Å². The van der Waals surface area contributed by atoms with Crippen LogP contribution < -0.4 is 5.32 Å². The van der Waals surface area contributed by atoms with E-state index in [4.69, 9.17) is 22.1 Å². The molecule has 5 nitrogen and oxygen atoms in total. The number of amides is 1. The Morgan fingerprint density at radius 3 is 2.44 bits per heavy atom. The first-order valence-electron chi connectivity index (χ1n) is 8.72. The van der Waals surface area contributed by atoms with Crippen LogP contribution in [0.3, 0.4) is 0 Å². The van der Waals surface area contributed by atoms with E-state index in [1.54, 1.807) is 30.3 Å². The van der Waals surface area contributed by atoms with Crippen molar-refractivity contribution in [2.24, 2.45) is 0 Å². The zero-order valence-corrected chi connectivity index (χ0v) is 16.1. The third kappa shape index (κ3) is 5.56. The van der Waals surface area contributed by atoms with E-state index in [0.29, 0.717) is 34.8 Å². The molecule has 0 aliphatic heterocycles. The van der Waals surface area contributed by atoms with Gasteiger partial charge in [-0.1, -0.05) is 30.7 Å². The quantitative estimate of drug-likeness (QED) is 0.767. The second-order valence-corrected chi connectivity index (χ2v) is 6.55. The van der Waals surface area contributed by atoms with Crippen molar-refractivity contribution in [1.82, 2.24) is 4.90 Å². The fourth-order valence-corrected chi connectivity index (χ4v) is 3.05. The zero-order valence-electron chi connectivity index (χ0n) is 15.4. The van der Waals surface area contributed by atoms with E-state index in [1.165, 1.54) is 0 Å². The molecule has 0 saturated heterocycles. The van der Waals surface area contributed by atoms with Gasteiger partial charge in [0.05, 0.1) is 22.2 Å². The number of hydrogen-bond acceptors (Lipinski definition) is 4. The van der Waals surface area contributed by atoms with Gasteiger partial charge in [-0.15, -0.1) is 0 Å². The van der Waals surface area contributed by atoms with Crippen LogP contribution in [0.15, 0.2) is 42.5 Å². The molecule has 1 atom stereocenters. The van der Waals surface area contributed by atoms with Crippen LogP contribution in [0, 0.1) is 22.7 Å². The van der Waals surface area contributed by atoms with Crippen molar-refractivity contribution in [3.63, 3.8) is 0 Å². The molecule has 2 aromatic carbocycles. The second kappa shape index (κ2) is 9.73. The van der Waals surface area contributed by atoms with Crippen molar-refractivity contribution in [1.29, 1.82) is 10.5 Å². The molecule has 0 fully saturated rings. The van der Waals surface area contributed by atoms with Gasteiger partial charge in [0.15, 0.2) is 0 Å². The number of rotatable bonds is 7. The first-order chi connectivity index (χ1) is 13.0. The van der Waals surface area contributed by atoms with Crippen LogP contribution in [-0.4, -0.2) is 23.9 Å². The summed E-state index contributed by atoms with van der Waals surface area (Å²) in [6.45, 7) is 5.55. The number of anilines is 1. The highest BCUT2D eigenvalue weighted by atomic mass is 35.5. The number of carbonyl (C=O) groups excluding carboxylic acids is 1. The smallest absolute Gasteiger partial charge is 0.225 e. The molecule has 0 spiro atoms. The first-order valence-corrected chi connectivity index (χ1v) is 9.10. The predicted octanol–water partition coefficient (Wildman–Crippen LogP) is 4.50. The van der Waals surface area contributed by atoms with Crippen molar-refractivity contribution >= 4 is 23.2 Å². The lowest BCUT2D eigenvalue weighted by Gasteiger charge is -2.28. The molecule has 1 amide bonds. The molecule has 0 bridgehead atoms. The fraction of sp³-hybridized carbons (Fsp3) is 0.286. The summed E-state index contributed by atoms with van der Waals surface area (Å²) in [7, 11) is 0. The Bertz CT molecular complexity index is 881. The molecular weight excluding hydrogens is 360 g/mol. The number of hydrogen-bond donors (Lipinski definition) is 1. The fourth-order valence-electron chi connectivity index (χ4n) is 2.82. The summed E-state index contributed by atoms with van der Waals surface area (Å²) < 4.78 is 0. The summed E-state index contributed by atoms with van der Waals surface area (Å²) in [5, 5.41) is 20.9. The topological polar surface area (TPSA) is 79.9 Å². The van der Waals surface area contributed by atoms with Crippen LogP contribution in [0.1, 0.15) is 43.0 Å². The number of nitriles is 2. The summed E-state index contributed by atoms with van der Waals surface area (Å²) in [5.41, 5.74) is 2.69. The van der Waals surface area contributed by atoms with Gasteiger partial charge in [0.25, 0.3) is 0 Å². The van der Waals surface area contributed by atoms with Crippen LogP contribution in [0.4, 0.5) is 5.69 Å². The molecule has 0 radical (unpaired) electrons. The van der Waals surface area contributed by atoms with Crippen LogP contribution in [0.5, 0.6) is 0 Å². The molecule has 1 unspecified atom stereocenters. The number of nitrogens with zero attached hydrogens (tertiary/aromatic N) is 3. The van der Waals surface area contributed by atoms with Crippen LogP contribution in [0.2, 0.25) is 5.02 Å². The van der Waals surface area contributed by atoms with Gasteiger partial charge < -0.3 is 5.32 Å². The van der Waals surface area contributed by atoms with Crippen molar-refractivity contribution in [2.45, 2.75) is 26.3 Å². The lowest BCUT2D eigenvalue weighted by Crippen LogP contribution is -2.30. The van der Waals surface area contributed by atoms with Crippen molar-refractivity contribution in [3.05, 3.63) is 64.2 Å². The number of nitrogens with one attached hydrogen (secondary N) is 1. The normalized spacial score (nSPS) is 11.5. The average Bonchev–Trinajstić information content (AvgIpc) is 2.68. The van der Waals surface area contributed by atoms with Gasteiger partial charge in [-0.3, -0.25) is 9.69 Å². The Labute approximate surface area is 164 Å². The lowest BCUT2D eigenvalue weighted by molar-refractivity contribution is -0.116. The highest BCUT2D eigenvalue weighted by Gasteiger charge is 2.15. The Balaban J connectivity index is 1.94. The summed E-state index contributed by atoms with van der Waals surface area (Å²) in [5.74, 6) is -0.110.